The number of hydrogen-bond donors (Lipinski definition) is 1. The van der Waals surface area contributed by atoms with E-state index in [0.717, 1.165) is 32.1 Å². The number of hydrogen-bond acceptors (Lipinski definition) is 7. The van der Waals surface area contributed by atoms with Crippen molar-refractivity contribution in [3.8, 4) is 0 Å². The number of esters is 1. The molecule has 0 amide bonds. The molecule has 0 bridgehead atoms. The Bertz CT molecular complexity index is 534. The van der Waals surface area contributed by atoms with E-state index in [4.69, 9.17) is 9.26 Å². The summed E-state index contributed by atoms with van der Waals surface area (Å²) in [5.74, 6) is -0.401. The fourth-order valence-corrected chi connectivity index (χ4v) is 3.30. The molecule has 0 rings (SSSR count). The molecule has 0 saturated heterocycles. The summed E-state index contributed by atoms with van der Waals surface area (Å²) in [5, 5.41) is 9.75. The van der Waals surface area contributed by atoms with Gasteiger partial charge in [-0.05, 0) is 25.7 Å². The van der Waals surface area contributed by atoms with Gasteiger partial charge in [0, 0.05) is 6.42 Å². The van der Waals surface area contributed by atoms with Gasteiger partial charge in [0.05, 0.1) is 27.7 Å². The summed E-state index contributed by atoms with van der Waals surface area (Å²) in [6, 6.07) is 0. The van der Waals surface area contributed by atoms with Gasteiger partial charge in [-0.1, -0.05) is 51.2 Å². The highest BCUT2D eigenvalue weighted by atomic mass is 31.2. The maximum Gasteiger partial charge on any atom is 0.305 e. The first-order chi connectivity index (χ1) is 14.6. The third-order valence-corrected chi connectivity index (χ3v) is 5.48. The maximum atomic E-state index is 11.7. The molecule has 0 spiro atoms. The molecule has 0 aromatic rings. The van der Waals surface area contributed by atoms with Crippen molar-refractivity contribution in [2.24, 2.45) is 0 Å². The van der Waals surface area contributed by atoms with E-state index in [9.17, 15) is 19.4 Å². The highest BCUT2D eigenvalue weighted by molar-refractivity contribution is 7.45. The molecule has 8 nitrogen and oxygen atoms in total. The Balaban J connectivity index is 3.68. The normalized spacial score (nSPS) is 15.2. The van der Waals surface area contributed by atoms with E-state index in [-0.39, 0.29) is 13.2 Å². The van der Waals surface area contributed by atoms with Crippen LogP contribution < -0.4 is 4.89 Å². The zero-order valence-corrected chi connectivity index (χ0v) is 20.8. The van der Waals surface area contributed by atoms with E-state index >= 15 is 0 Å². The minimum atomic E-state index is -4.49. The molecule has 0 aromatic heterocycles. The largest absolute Gasteiger partial charge is 0.756 e. The van der Waals surface area contributed by atoms with Crippen molar-refractivity contribution in [1.82, 2.24) is 0 Å². The van der Waals surface area contributed by atoms with E-state index in [2.05, 4.69) is 23.6 Å². The average Bonchev–Trinajstić information content (AvgIpc) is 2.67. The SMILES string of the molecule is CCCC/C=C\CCCCCCCC(=O)OCC(O)COP(=O)([O-])OCC[N+](C)(C)C. The number of nitrogens with zero attached hydrogens (tertiary/aromatic N) is 1. The van der Waals surface area contributed by atoms with Crippen molar-refractivity contribution < 1.29 is 37.6 Å². The lowest BCUT2D eigenvalue weighted by molar-refractivity contribution is -0.870. The quantitative estimate of drug-likeness (QED) is 0.0963. The molecule has 0 saturated carbocycles. The molecule has 31 heavy (non-hydrogen) atoms. The number of aliphatic hydroxyl groups excluding tert-OH is 1. The van der Waals surface area contributed by atoms with Crippen LogP contribution in [0.3, 0.4) is 0 Å². The first-order valence-corrected chi connectivity index (χ1v) is 12.9. The van der Waals surface area contributed by atoms with Gasteiger partial charge in [-0.2, -0.15) is 0 Å². The third kappa shape index (κ3) is 22.2. The summed E-state index contributed by atoms with van der Waals surface area (Å²) in [6.45, 7) is 1.86. The van der Waals surface area contributed by atoms with E-state index in [1.807, 2.05) is 21.1 Å². The minimum absolute atomic E-state index is 0.00891. The summed E-state index contributed by atoms with van der Waals surface area (Å²) in [5.41, 5.74) is 0. The summed E-state index contributed by atoms with van der Waals surface area (Å²) < 4.78 is 26.5. The molecule has 184 valence electrons. The first kappa shape index (κ1) is 30.2. The van der Waals surface area contributed by atoms with Gasteiger partial charge in [-0.25, -0.2) is 0 Å². The molecule has 0 aliphatic heterocycles. The summed E-state index contributed by atoms with van der Waals surface area (Å²) >= 11 is 0. The fourth-order valence-electron chi connectivity index (χ4n) is 2.57. The summed E-state index contributed by atoms with van der Waals surface area (Å²) in [6.07, 6.45) is 13.4. The Kier molecular flexibility index (Phi) is 17.3. The van der Waals surface area contributed by atoms with Crippen LogP contribution in [-0.2, 0) is 23.1 Å². The Morgan fingerprint density at radius 2 is 1.61 bits per heavy atom. The molecule has 0 heterocycles. The third-order valence-electron chi connectivity index (χ3n) is 4.52. The lowest BCUT2D eigenvalue weighted by Crippen LogP contribution is -2.37. The van der Waals surface area contributed by atoms with Crippen molar-refractivity contribution in [2.75, 3.05) is 47.5 Å². The summed E-state index contributed by atoms with van der Waals surface area (Å²) in [4.78, 5) is 23.4. The van der Waals surface area contributed by atoms with Crippen molar-refractivity contribution in [1.29, 1.82) is 0 Å². The van der Waals surface area contributed by atoms with Crippen LogP contribution >= 0.6 is 7.82 Å². The molecule has 0 aliphatic carbocycles. The second kappa shape index (κ2) is 17.8. The molecule has 0 aliphatic rings. The number of quaternary nitrogens is 1. The summed E-state index contributed by atoms with van der Waals surface area (Å²) in [7, 11) is 1.24. The van der Waals surface area contributed by atoms with Gasteiger partial charge in [-0.15, -0.1) is 0 Å². The number of ether oxygens (including phenoxy) is 1. The van der Waals surface area contributed by atoms with Crippen LogP contribution in [0.25, 0.3) is 0 Å². The lowest BCUT2D eigenvalue weighted by atomic mass is 10.1. The number of phosphoric ester groups is 1. The Morgan fingerprint density at radius 3 is 2.26 bits per heavy atom. The second-order valence-corrected chi connectivity index (χ2v) is 10.3. The van der Waals surface area contributed by atoms with Crippen LogP contribution in [0.4, 0.5) is 0 Å². The van der Waals surface area contributed by atoms with Crippen LogP contribution in [0.15, 0.2) is 12.2 Å². The van der Waals surface area contributed by atoms with Crippen molar-refractivity contribution >= 4 is 13.8 Å². The van der Waals surface area contributed by atoms with Gasteiger partial charge in [-0.3, -0.25) is 9.36 Å². The van der Waals surface area contributed by atoms with Crippen LogP contribution in [0.2, 0.25) is 0 Å². The Morgan fingerprint density at radius 1 is 1.00 bits per heavy atom. The standard InChI is InChI=1S/C22H44NO7P/c1-5-6-7-8-9-10-11-12-13-14-15-16-22(25)28-19-21(24)20-30-31(26,27)29-18-17-23(2,3)4/h8-9,21,24H,5-7,10-20H2,1-4H3/b9-8-. The minimum Gasteiger partial charge on any atom is -0.756 e. The topological polar surface area (TPSA) is 105 Å². The van der Waals surface area contributed by atoms with Gasteiger partial charge in [0.25, 0.3) is 7.82 Å². The highest BCUT2D eigenvalue weighted by Gasteiger charge is 2.16. The van der Waals surface area contributed by atoms with Gasteiger partial charge < -0.3 is 28.3 Å². The molecule has 2 atom stereocenters. The number of phosphoric acid groups is 1. The monoisotopic (exact) mass is 465 g/mol. The molecule has 2 unspecified atom stereocenters. The Labute approximate surface area is 188 Å². The van der Waals surface area contributed by atoms with E-state index < -0.39 is 26.5 Å². The van der Waals surface area contributed by atoms with Gasteiger partial charge in [0.1, 0.15) is 25.9 Å². The zero-order chi connectivity index (χ0) is 23.6. The van der Waals surface area contributed by atoms with E-state index in [0.29, 0.717) is 17.4 Å². The zero-order valence-electron chi connectivity index (χ0n) is 19.9. The van der Waals surface area contributed by atoms with E-state index in [1.54, 1.807) is 0 Å². The Hall–Kier alpha value is -0.760. The van der Waals surface area contributed by atoms with Gasteiger partial charge >= 0.3 is 5.97 Å². The first-order valence-electron chi connectivity index (χ1n) is 11.4. The molecule has 0 radical (unpaired) electrons. The average molecular weight is 466 g/mol. The van der Waals surface area contributed by atoms with E-state index in [1.165, 1.54) is 25.7 Å². The van der Waals surface area contributed by atoms with Crippen LogP contribution in [0.1, 0.15) is 71.1 Å². The molecule has 0 aromatic carbocycles. The number of carbonyl (C=O) groups excluding carboxylic acids is 1. The maximum absolute atomic E-state index is 11.7. The molecular weight excluding hydrogens is 421 g/mol. The number of aliphatic hydroxyl groups is 1. The number of unbranched alkanes of at least 4 members (excludes halogenated alkanes) is 7. The van der Waals surface area contributed by atoms with Crippen molar-refractivity contribution in [3.63, 3.8) is 0 Å². The van der Waals surface area contributed by atoms with Gasteiger partial charge in [0.15, 0.2) is 0 Å². The highest BCUT2D eigenvalue weighted by Crippen LogP contribution is 2.38. The second-order valence-electron chi connectivity index (χ2n) is 8.85. The smallest absolute Gasteiger partial charge is 0.305 e. The number of allylic oxidation sites excluding steroid dienone is 2. The predicted molar refractivity (Wildman–Crippen MR) is 120 cm³/mol. The molecular formula is C22H44NO7P. The molecule has 9 heteroatoms. The predicted octanol–water partition coefficient (Wildman–Crippen LogP) is 3.58. The van der Waals surface area contributed by atoms with Gasteiger partial charge in [0.2, 0.25) is 0 Å². The number of likely N-dealkylation sites (N-methyl/N-ethyl adjacent to an activating group) is 1. The molecule has 0 fully saturated rings. The van der Waals surface area contributed by atoms with Crippen molar-refractivity contribution in [3.05, 3.63) is 12.2 Å². The van der Waals surface area contributed by atoms with Crippen LogP contribution in [0, 0.1) is 0 Å². The van der Waals surface area contributed by atoms with Crippen LogP contribution in [-0.4, -0.2) is 69.2 Å². The van der Waals surface area contributed by atoms with Crippen LogP contribution in [0.5, 0.6) is 0 Å². The number of carbonyl (C=O) groups is 1. The van der Waals surface area contributed by atoms with Crippen molar-refractivity contribution in [2.45, 2.75) is 77.2 Å². The number of rotatable bonds is 20. The fraction of sp³-hybridized carbons (Fsp3) is 0.864. The molecule has 1 N–H and O–H groups in total. The lowest BCUT2D eigenvalue weighted by Gasteiger charge is -2.27.